The number of halogens is 1. The van der Waals surface area contributed by atoms with Crippen molar-refractivity contribution in [3.05, 3.63) is 29.6 Å². The predicted octanol–water partition coefficient (Wildman–Crippen LogP) is 2.69. The SMILES string of the molecule is CC(=CCCBr)Cc1cnn(C)c1. The normalized spacial score (nSPS) is 12.1. The molecule has 13 heavy (non-hydrogen) atoms. The molecule has 2 nitrogen and oxygen atoms in total. The molecule has 72 valence electrons. The summed E-state index contributed by atoms with van der Waals surface area (Å²) in [5.41, 5.74) is 2.69. The van der Waals surface area contributed by atoms with Gasteiger partial charge in [0.1, 0.15) is 0 Å². The van der Waals surface area contributed by atoms with Gasteiger partial charge >= 0.3 is 0 Å². The first-order valence-corrected chi connectivity index (χ1v) is 5.53. The molecule has 0 aliphatic rings. The van der Waals surface area contributed by atoms with Gasteiger partial charge in [-0.25, -0.2) is 0 Å². The molecule has 1 rings (SSSR count). The van der Waals surface area contributed by atoms with Gasteiger partial charge in [-0.15, -0.1) is 0 Å². The van der Waals surface area contributed by atoms with Crippen LogP contribution in [0.3, 0.4) is 0 Å². The molecule has 0 bridgehead atoms. The fourth-order valence-corrected chi connectivity index (χ4v) is 1.49. The number of alkyl halides is 1. The van der Waals surface area contributed by atoms with Gasteiger partial charge in [0.05, 0.1) is 6.20 Å². The van der Waals surface area contributed by atoms with E-state index in [1.54, 1.807) is 0 Å². The Labute approximate surface area is 87.8 Å². The maximum atomic E-state index is 4.13. The monoisotopic (exact) mass is 242 g/mol. The Morgan fingerprint density at radius 2 is 2.46 bits per heavy atom. The Kier molecular flexibility index (Phi) is 4.22. The van der Waals surface area contributed by atoms with Crippen LogP contribution in [0.2, 0.25) is 0 Å². The van der Waals surface area contributed by atoms with Gasteiger partial charge in [0.2, 0.25) is 0 Å². The fourth-order valence-electron chi connectivity index (χ4n) is 1.26. The third kappa shape index (κ3) is 3.77. The van der Waals surface area contributed by atoms with Gasteiger partial charge in [-0.2, -0.15) is 5.10 Å². The Hall–Kier alpha value is -0.570. The van der Waals surface area contributed by atoms with Gasteiger partial charge in [0.15, 0.2) is 0 Å². The minimum Gasteiger partial charge on any atom is -0.276 e. The summed E-state index contributed by atoms with van der Waals surface area (Å²) in [6, 6.07) is 0. The van der Waals surface area contributed by atoms with E-state index in [1.165, 1.54) is 11.1 Å². The number of hydrogen-bond acceptors (Lipinski definition) is 1. The second-order valence-corrected chi connectivity index (χ2v) is 4.02. The molecule has 1 aromatic heterocycles. The summed E-state index contributed by atoms with van der Waals surface area (Å²) in [6.45, 7) is 2.16. The molecule has 0 saturated heterocycles. The summed E-state index contributed by atoms with van der Waals surface area (Å²) in [5, 5.41) is 5.17. The van der Waals surface area contributed by atoms with Crippen LogP contribution < -0.4 is 0 Å². The summed E-state index contributed by atoms with van der Waals surface area (Å²) in [6.07, 6.45) is 8.37. The standard InChI is InChI=1S/C10H15BrN2/c1-9(4-3-5-11)6-10-7-12-13(2)8-10/h4,7-8H,3,5-6H2,1-2H3. The van der Waals surface area contributed by atoms with Gasteiger partial charge in [0.25, 0.3) is 0 Å². The van der Waals surface area contributed by atoms with Crippen molar-refractivity contribution in [2.75, 3.05) is 5.33 Å². The van der Waals surface area contributed by atoms with E-state index < -0.39 is 0 Å². The lowest BCUT2D eigenvalue weighted by molar-refractivity contribution is 0.767. The molecule has 0 spiro atoms. The first-order valence-electron chi connectivity index (χ1n) is 4.41. The molecule has 0 radical (unpaired) electrons. The number of hydrogen-bond donors (Lipinski definition) is 0. The van der Waals surface area contributed by atoms with Crippen LogP contribution in [0.1, 0.15) is 18.9 Å². The van der Waals surface area contributed by atoms with Crippen molar-refractivity contribution in [3.63, 3.8) is 0 Å². The second-order valence-electron chi connectivity index (χ2n) is 3.23. The highest BCUT2D eigenvalue weighted by atomic mass is 79.9. The van der Waals surface area contributed by atoms with E-state index in [4.69, 9.17) is 0 Å². The summed E-state index contributed by atoms with van der Waals surface area (Å²) >= 11 is 3.41. The highest BCUT2D eigenvalue weighted by molar-refractivity contribution is 9.09. The van der Waals surface area contributed by atoms with Crippen LogP contribution in [-0.4, -0.2) is 15.1 Å². The molecular formula is C10H15BrN2. The van der Waals surface area contributed by atoms with E-state index in [-0.39, 0.29) is 0 Å². The molecule has 0 N–H and O–H groups in total. The van der Waals surface area contributed by atoms with Crippen molar-refractivity contribution in [3.8, 4) is 0 Å². The quantitative estimate of drug-likeness (QED) is 0.587. The zero-order chi connectivity index (χ0) is 9.68. The Bertz CT molecular complexity index is 289. The van der Waals surface area contributed by atoms with E-state index in [9.17, 15) is 0 Å². The summed E-state index contributed by atoms with van der Waals surface area (Å²) < 4.78 is 1.84. The zero-order valence-electron chi connectivity index (χ0n) is 8.13. The molecule has 0 amide bonds. The molecular weight excluding hydrogens is 228 g/mol. The molecule has 0 aliphatic carbocycles. The Morgan fingerprint density at radius 1 is 1.69 bits per heavy atom. The second kappa shape index (κ2) is 5.22. The highest BCUT2D eigenvalue weighted by Crippen LogP contribution is 2.07. The number of aromatic nitrogens is 2. The Balaban J connectivity index is 2.49. The Morgan fingerprint density at radius 3 is 3.00 bits per heavy atom. The van der Waals surface area contributed by atoms with Crippen molar-refractivity contribution in [2.24, 2.45) is 7.05 Å². The van der Waals surface area contributed by atoms with Crippen molar-refractivity contribution < 1.29 is 0 Å². The maximum absolute atomic E-state index is 4.13. The van der Waals surface area contributed by atoms with Crippen LogP contribution in [0.5, 0.6) is 0 Å². The van der Waals surface area contributed by atoms with Crippen LogP contribution in [0.25, 0.3) is 0 Å². The average Bonchev–Trinajstić information content (AvgIpc) is 2.48. The fraction of sp³-hybridized carbons (Fsp3) is 0.500. The summed E-state index contributed by atoms with van der Waals surface area (Å²) in [5.74, 6) is 0. The maximum Gasteiger partial charge on any atom is 0.0524 e. The van der Waals surface area contributed by atoms with Gasteiger partial charge in [-0.05, 0) is 25.3 Å². The van der Waals surface area contributed by atoms with Crippen LogP contribution in [0, 0.1) is 0 Å². The van der Waals surface area contributed by atoms with E-state index in [2.05, 4.69) is 40.2 Å². The van der Waals surface area contributed by atoms with Gasteiger partial charge in [-0.1, -0.05) is 27.6 Å². The zero-order valence-corrected chi connectivity index (χ0v) is 9.71. The molecule has 0 aliphatic heterocycles. The van der Waals surface area contributed by atoms with E-state index in [1.807, 2.05) is 17.9 Å². The van der Waals surface area contributed by atoms with E-state index in [0.717, 1.165) is 18.2 Å². The molecule has 0 saturated carbocycles. The van der Waals surface area contributed by atoms with E-state index >= 15 is 0 Å². The minimum absolute atomic E-state index is 1.01. The topological polar surface area (TPSA) is 17.8 Å². The molecule has 0 aromatic carbocycles. The predicted molar refractivity (Wildman–Crippen MR) is 59.1 cm³/mol. The molecule has 0 atom stereocenters. The van der Waals surface area contributed by atoms with Crippen molar-refractivity contribution >= 4 is 15.9 Å². The highest BCUT2D eigenvalue weighted by Gasteiger charge is 1.96. The van der Waals surface area contributed by atoms with Gasteiger partial charge in [-0.3, -0.25) is 4.68 Å². The average molecular weight is 243 g/mol. The summed E-state index contributed by atoms with van der Waals surface area (Å²) in [7, 11) is 1.95. The van der Waals surface area contributed by atoms with Crippen LogP contribution in [-0.2, 0) is 13.5 Å². The van der Waals surface area contributed by atoms with Gasteiger partial charge in [0, 0.05) is 18.6 Å². The number of rotatable bonds is 4. The molecule has 1 aromatic rings. The van der Waals surface area contributed by atoms with Crippen molar-refractivity contribution in [1.82, 2.24) is 9.78 Å². The number of allylic oxidation sites excluding steroid dienone is 2. The molecule has 0 fully saturated rings. The van der Waals surface area contributed by atoms with Crippen molar-refractivity contribution in [2.45, 2.75) is 19.8 Å². The first-order chi connectivity index (χ1) is 6.22. The lowest BCUT2D eigenvalue weighted by atomic mass is 10.1. The summed E-state index contributed by atoms with van der Waals surface area (Å²) in [4.78, 5) is 0. The third-order valence-electron chi connectivity index (χ3n) is 1.84. The lowest BCUT2D eigenvalue weighted by Gasteiger charge is -1.96. The molecule has 3 heteroatoms. The van der Waals surface area contributed by atoms with Gasteiger partial charge < -0.3 is 0 Å². The smallest absolute Gasteiger partial charge is 0.0524 e. The lowest BCUT2D eigenvalue weighted by Crippen LogP contribution is -1.86. The number of aryl methyl sites for hydroxylation is 1. The van der Waals surface area contributed by atoms with Crippen LogP contribution in [0.15, 0.2) is 24.0 Å². The molecule has 1 heterocycles. The number of nitrogens with zero attached hydrogens (tertiary/aromatic N) is 2. The first kappa shape index (κ1) is 10.5. The largest absolute Gasteiger partial charge is 0.276 e. The van der Waals surface area contributed by atoms with E-state index in [0.29, 0.717) is 0 Å². The third-order valence-corrected chi connectivity index (χ3v) is 2.30. The van der Waals surface area contributed by atoms with Crippen LogP contribution in [0.4, 0.5) is 0 Å². The minimum atomic E-state index is 1.01. The molecule has 0 unspecified atom stereocenters. The van der Waals surface area contributed by atoms with Crippen molar-refractivity contribution in [1.29, 1.82) is 0 Å². The van der Waals surface area contributed by atoms with Crippen LogP contribution >= 0.6 is 15.9 Å².